The zero-order valence-electron chi connectivity index (χ0n) is 19.4. The Kier molecular flexibility index (Phi) is 8.20. The average Bonchev–Trinajstić information content (AvgIpc) is 2.69. The minimum absolute atomic E-state index is 0.106. The molecule has 168 valence electrons. The summed E-state index contributed by atoms with van der Waals surface area (Å²) in [5.41, 5.74) is -0.628. The first-order valence-corrected chi connectivity index (χ1v) is 12.4. The summed E-state index contributed by atoms with van der Waals surface area (Å²) in [4.78, 5) is 11.7. The summed E-state index contributed by atoms with van der Waals surface area (Å²) >= 11 is 0. The number of carbonyl (C=O) groups is 1. The molecule has 0 saturated carbocycles. The maximum Gasteiger partial charge on any atom is 0.408 e. The molecule has 0 aliphatic carbocycles. The Bertz CT molecular complexity index is 832. The van der Waals surface area contributed by atoms with Crippen LogP contribution in [-0.4, -0.2) is 33.2 Å². The van der Waals surface area contributed by atoms with Crippen LogP contribution in [-0.2, 0) is 9.16 Å². The van der Waals surface area contributed by atoms with Gasteiger partial charge < -0.3 is 14.5 Å². The van der Waals surface area contributed by atoms with Crippen molar-refractivity contribution in [1.82, 2.24) is 5.32 Å². The summed E-state index contributed by atoms with van der Waals surface area (Å²) in [6.07, 6.45) is 0.737. The Morgan fingerprint density at radius 1 is 0.935 bits per heavy atom. The normalized spacial score (nSPS) is 13.1. The van der Waals surface area contributed by atoms with Gasteiger partial charge in [-0.1, -0.05) is 81.4 Å². The SMILES string of the molecule is CC(C)(C)OC(=O)NC/C(F)=C/CO[Si](c1ccccc1)(c1ccccc1)C(C)(C)C. The summed E-state index contributed by atoms with van der Waals surface area (Å²) in [6.45, 7) is 11.7. The van der Waals surface area contributed by atoms with E-state index in [-0.39, 0.29) is 18.2 Å². The summed E-state index contributed by atoms with van der Waals surface area (Å²) in [7, 11) is -2.72. The van der Waals surface area contributed by atoms with Gasteiger partial charge in [-0.15, -0.1) is 0 Å². The average molecular weight is 444 g/mol. The van der Waals surface area contributed by atoms with Crippen molar-refractivity contribution in [3.63, 3.8) is 0 Å². The highest BCUT2D eigenvalue weighted by Gasteiger charge is 2.49. The molecule has 0 atom stereocenters. The molecule has 0 saturated heterocycles. The van der Waals surface area contributed by atoms with Crippen LogP contribution in [0.25, 0.3) is 0 Å². The number of carbonyl (C=O) groups excluding carboxylic acids is 1. The van der Waals surface area contributed by atoms with Crippen molar-refractivity contribution >= 4 is 24.8 Å². The van der Waals surface area contributed by atoms with Crippen molar-refractivity contribution in [1.29, 1.82) is 0 Å². The second kappa shape index (κ2) is 10.2. The van der Waals surface area contributed by atoms with E-state index in [0.717, 1.165) is 10.4 Å². The van der Waals surface area contributed by atoms with Crippen molar-refractivity contribution in [3.05, 3.63) is 72.6 Å². The smallest absolute Gasteiger partial charge is 0.408 e. The minimum Gasteiger partial charge on any atom is -0.444 e. The van der Waals surface area contributed by atoms with E-state index in [4.69, 9.17) is 9.16 Å². The molecule has 2 rings (SSSR count). The molecule has 2 aromatic carbocycles. The fraction of sp³-hybridized carbons (Fsp3) is 0.400. The van der Waals surface area contributed by atoms with Gasteiger partial charge in [0, 0.05) is 0 Å². The van der Waals surface area contributed by atoms with Crippen LogP contribution in [0.1, 0.15) is 41.5 Å². The Morgan fingerprint density at radius 2 is 1.42 bits per heavy atom. The molecule has 0 aliphatic rings. The van der Waals surface area contributed by atoms with Gasteiger partial charge in [0.15, 0.2) is 0 Å². The van der Waals surface area contributed by atoms with Crippen molar-refractivity contribution in [2.24, 2.45) is 0 Å². The van der Waals surface area contributed by atoms with Gasteiger partial charge in [-0.2, -0.15) is 0 Å². The van der Waals surface area contributed by atoms with Crippen LogP contribution in [0.4, 0.5) is 9.18 Å². The molecule has 0 aliphatic heterocycles. The highest BCUT2D eigenvalue weighted by Crippen LogP contribution is 2.36. The minimum atomic E-state index is -2.72. The summed E-state index contributed by atoms with van der Waals surface area (Å²) in [6, 6.07) is 20.4. The Balaban J connectivity index is 2.23. The molecule has 0 bridgehead atoms. The van der Waals surface area contributed by atoms with Crippen LogP contribution in [0, 0.1) is 0 Å². The van der Waals surface area contributed by atoms with E-state index in [1.807, 2.05) is 36.4 Å². The van der Waals surface area contributed by atoms with Crippen LogP contribution in [0.2, 0.25) is 5.04 Å². The number of hydrogen-bond acceptors (Lipinski definition) is 3. The highest BCUT2D eigenvalue weighted by atomic mass is 28.4. The largest absolute Gasteiger partial charge is 0.444 e. The molecule has 1 N–H and O–H groups in total. The number of nitrogens with one attached hydrogen (secondary N) is 1. The molecule has 6 heteroatoms. The fourth-order valence-corrected chi connectivity index (χ4v) is 8.05. The molecule has 0 spiro atoms. The van der Waals surface area contributed by atoms with E-state index in [1.165, 1.54) is 6.08 Å². The number of ether oxygens (including phenoxy) is 1. The lowest BCUT2D eigenvalue weighted by atomic mass is 10.2. The van der Waals surface area contributed by atoms with Gasteiger partial charge in [-0.25, -0.2) is 9.18 Å². The van der Waals surface area contributed by atoms with E-state index >= 15 is 0 Å². The van der Waals surface area contributed by atoms with Crippen molar-refractivity contribution in [3.8, 4) is 0 Å². The summed E-state index contributed by atoms with van der Waals surface area (Å²) in [5.74, 6) is -0.469. The fourth-order valence-electron chi connectivity index (χ4n) is 3.56. The van der Waals surface area contributed by atoms with Gasteiger partial charge in [-0.05, 0) is 42.3 Å². The standard InChI is InChI=1S/C25H34FNO3Si/c1-24(2,3)30-23(28)27-19-20(26)17-18-29-31(25(4,5)6,21-13-9-7-10-14-21)22-15-11-8-12-16-22/h7-17H,18-19H2,1-6H3,(H,27,28)/b20-17-. The summed E-state index contributed by atoms with van der Waals surface area (Å²) < 4.78 is 26.1. The molecule has 31 heavy (non-hydrogen) atoms. The first kappa shape index (κ1) is 24.8. The number of alkyl carbamates (subject to hydrolysis) is 1. The molecule has 0 unspecified atom stereocenters. The number of benzene rings is 2. The van der Waals surface area contributed by atoms with Gasteiger partial charge >= 0.3 is 6.09 Å². The highest BCUT2D eigenvalue weighted by molar-refractivity contribution is 6.99. The van der Waals surface area contributed by atoms with Crippen LogP contribution in [0.15, 0.2) is 72.6 Å². The van der Waals surface area contributed by atoms with Gasteiger partial charge in [0.25, 0.3) is 8.32 Å². The quantitative estimate of drug-likeness (QED) is 0.617. The lowest BCUT2D eigenvalue weighted by Gasteiger charge is -2.42. The molecular formula is C25H34FNO3Si. The zero-order valence-corrected chi connectivity index (χ0v) is 20.4. The third kappa shape index (κ3) is 6.77. The van der Waals surface area contributed by atoms with Crippen LogP contribution in [0.5, 0.6) is 0 Å². The maximum absolute atomic E-state index is 14.4. The van der Waals surface area contributed by atoms with Gasteiger partial charge in [0.05, 0.1) is 13.2 Å². The van der Waals surface area contributed by atoms with E-state index in [1.54, 1.807) is 20.8 Å². The topological polar surface area (TPSA) is 47.6 Å². The number of hydrogen-bond donors (Lipinski definition) is 1. The van der Waals surface area contributed by atoms with E-state index < -0.39 is 25.8 Å². The second-order valence-electron chi connectivity index (χ2n) is 9.48. The first-order chi connectivity index (χ1) is 14.5. The predicted octanol–water partition coefficient (Wildman–Crippen LogP) is 4.94. The summed E-state index contributed by atoms with van der Waals surface area (Å²) in [5, 5.41) is 4.51. The zero-order chi connectivity index (χ0) is 23.1. The van der Waals surface area contributed by atoms with Gasteiger partial charge in [0.1, 0.15) is 11.4 Å². The van der Waals surface area contributed by atoms with Crippen LogP contribution in [0.3, 0.4) is 0 Å². The van der Waals surface area contributed by atoms with E-state index in [0.29, 0.717) is 0 Å². The molecular weight excluding hydrogens is 409 g/mol. The van der Waals surface area contributed by atoms with Crippen molar-refractivity contribution in [2.75, 3.05) is 13.2 Å². The Morgan fingerprint density at radius 3 is 1.84 bits per heavy atom. The molecule has 0 heterocycles. The second-order valence-corrected chi connectivity index (χ2v) is 13.8. The number of rotatable bonds is 7. The molecule has 0 aromatic heterocycles. The molecule has 0 radical (unpaired) electrons. The van der Waals surface area contributed by atoms with E-state index in [2.05, 4.69) is 50.4 Å². The van der Waals surface area contributed by atoms with Gasteiger partial charge in [0.2, 0.25) is 0 Å². The lowest BCUT2D eigenvalue weighted by Crippen LogP contribution is -2.66. The Labute approximate surface area is 186 Å². The van der Waals surface area contributed by atoms with E-state index in [9.17, 15) is 9.18 Å². The van der Waals surface area contributed by atoms with Crippen molar-refractivity contribution < 1.29 is 18.3 Å². The molecule has 2 aromatic rings. The van der Waals surface area contributed by atoms with Crippen LogP contribution >= 0.6 is 0 Å². The number of amides is 1. The lowest BCUT2D eigenvalue weighted by molar-refractivity contribution is 0.0529. The third-order valence-electron chi connectivity index (χ3n) is 4.82. The monoisotopic (exact) mass is 443 g/mol. The van der Waals surface area contributed by atoms with Gasteiger partial charge in [-0.3, -0.25) is 0 Å². The number of halogens is 1. The maximum atomic E-state index is 14.4. The molecule has 1 amide bonds. The predicted molar refractivity (Wildman–Crippen MR) is 127 cm³/mol. The van der Waals surface area contributed by atoms with Crippen molar-refractivity contribution in [2.45, 2.75) is 52.2 Å². The van der Waals surface area contributed by atoms with Crippen LogP contribution < -0.4 is 15.7 Å². The first-order valence-electron chi connectivity index (χ1n) is 10.5. The molecule has 4 nitrogen and oxygen atoms in total. The Hall–Kier alpha value is -2.44. The molecule has 0 fully saturated rings. The third-order valence-corrected chi connectivity index (χ3v) is 9.83.